The average molecular weight is 333 g/mol. The third-order valence-electron chi connectivity index (χ3n) is 3.46. The van der Waals surface area contributed by atoms with Crippen LogP contribution in [0.1, 0.15) is 18.9 Å². The number of pyridine rings is 1. The summed E-state index contributed by atoms with van der Waals surface area (Å²) in [7, 11) is 1.61. The summed E-state index contributed by atoms with van der Waals surface area (Å²) in [6, 6.07) is 4.29. The molecule has 3 rings (SSSR count). The van der Waals surface area contributed by atoms with Gasteiger partial charge in [0.1, 0.15) is 0 Å². The van der Waals surface area contributed by atoms with Gasteiger partial charge in [-0.1, -0.05) is 11.8 Å². The summed E-state index contributed by atoms with van der Waals surface area (Å²) in [4.78, 5) is 16.0. The predicted octanol–water partition coefficient (Wildman–Crippen LogP) is 1.53. The van der Waals surface area contributed by atoms with E-state index in [9.17, 15) is 4.79 Å². The molecule has 1 aliphatic rings. The van der Waals surface area contributed by atoms with Crippen molar-refractivity contribution in [3.63, 3.8) is 0 Å². The molecule has 0 saturated heterocycles. The topological polar surface area (TPSA) is 81.9 Å². The normalized spacial score (nSPS) is 14.0. The van der Waals surface area contributed by atoms with Crippen LogP contribution in [0.15, 0.2) is 29.7 Å². The lowest BCUT2D eigenvalue weighted by Gasteiger charge is -2.08. The zero-order chi connectivity index (χ0) is 16.1. The number of hydrogen-bond acceptors (Lipinski definition) is 6. The maximum atomic E-state index is 11.8. The number of ether oxygens (including phenoxy) is 1. The smallest absolute Gasteiger partial charge is 0.230 e. The molecule has 0 aliphatic heterocycles. The van der Waals surface area contributed by atoms with Crippen molar-refractivity contribution in [1.29, 1.82) is 0 Å². The Bertz CT molecular complexity index is 657. The molecule has 1 saturated carbocycles. The van der Waals surface area contributed by atoms with Crippen LogP contribution in [-0.2, 0) is 9.53 Å². The van der Waals surface area contributed by atoms with Crippen molar-refractivity contribution < 1.29 is 9.53 Å². The predicted molar refractivity (Wildman–Crippen MR) is 87.1 cm³/mol. The van der Waals surface area contributed by atoms with Gasteiger partial charge >= 0.3 is 0 Å². The Morgan fingerprint density at radius 2 is 2.35 bits per heavy atom. The fourth-order valence-electron chi connectivity index (χ4n) is 2.20. The molecule has 23 heavy (non-hydrogen) atoms. The minimum Gasteiger partial charge on any atom is -0.383 e. The van der Waals surface area contributed by atoms with Crippen LogP contribution in [-0.4, -0.2) is 51.7 Å². The van der Waals surface area contributed by atoms with Gasteiger partial charge in [-0.2, -0.15) is 0 Å². The van der Waals surface area contributed by atoms with Crippen LogP contribution >= 0.6 is 11.8 Å². The molecule has 0 aromatic carbocycles. The first-order valence-electron chi connectivity index (χ1n) is 7.53. The number of aromatic nitrogens is 4. The summed E-state index contributed by atoms with van der Waals surface area (Å²) in [5, 5.41) is 12.2. The van der Waals surface area contributed by atoms with E-state index in [2.05, 4.69) is 25.1 Å². The Morgan fingerprint density at radius 1 is 1.48 bits per heavy atom. The lowest BCUT2D eigenvalue weighted by molar-refractivity contribution is -0.118. The molecule has 0 radical (unpaired) electrons. The molecular weight excluding hydrogens is 314 g/mol. The first-order valence-corrected chi connectivity index (χ1v) is 8.52. The van der Waals surface area contributed by atoms with E-state index in [0.717, 1.165) is 29.4 Å². The number of carbonyl (C=O) groups is 1. The second kappa shape index (κ2) is 7.56. The number of nitrogens with zero attached hydrogens (tertiary/aromatic N) is 4. The molecule has 2 aromatic heterocycles. The van der Waals surface area contributed by atoms with Crippen molar-refractivity contribution in [2.75, 3.05) is 26.0 Å². The molecule has 2 heterocycles. The van der Waals surface area contributed by atoms with E-state index < -0.39 is 0 Å². The van der Waals surface area contributed by atoms with Gasteiger partial charge in [-0.05, 0) is 25.0 Å². The van der Waals surface area contributed by atoms with E-state index >= 15 is 0 Å². The maximum Gasteiger partial charge on any atom is 0.230 e. The Balaban J connectivity index is 1.68. The fraction of sp³-hybridized carbons (Fsp3) is 0.467. The molecule has 0 spiro atoms. The standard InChI is InChI=1S/C15H19N5O2S/c1-22-8-7-17-13(21)10-23-15-19-18-14(20(15)12-4-5-12)11-3-2-6-16-9-11/h2-3,6,9,12H,4-5,7-8,10H2,1H3,(H,17,21). The van der Waals surface area contributed by atoms with Crippen LogP contribution in [0, 0.1) is 0 Å². The first kappa shape index (κ1) is 15.9. The molecule has 0 atom stereocenters. The lowest BCUT2D eigenvalue weighted by Crippen LogP contribution is -2.28. The number of hydrogen-bond donors (Lipinski definition) is 1. The Hall–Kier alpha value is -1.93. The van der Waals surface area contributed by atoms with Gasteiger partial charge in [0.05, 0.1) is 12.4 Å². The van der Waals surface area contributed by atoms with Crippen LogP contribution in [0.4, 0.5) is 0 Å². The highest BCUT2D eigenvalue weighted by molar-refractivity contribution is 7.99. The molecule has 1 amide bonds. The summed E-state index contributed by atoms with van der Waals surface area (Å²) in [5.41, 5.74) is 0.947. The summed E-state index contributed by atoms with van der Waals surface area (Å²) in [6.07, 6.45) is 5.77. The Morgan fingerprint density at radius 3 is 3.04 bits per heavy atom. The van der Waals surface area contributed by atoms with Crippen LogP contribution < -0.4 is 5.32 Å². The molecule has 1 aliphatic carbocycles. The molecule has 7 nitrogen and oxygen atoms in total. The van der Waals surface area contributed by atoms with Crippen LogP contribution in [0.2, 0.25) is 0 Å². The van der Waals surface area contributed by atoms with Gasteiger partial charge in [0, 0.05) is 37.7 Å². The minimum absolute atomic E-state index is 0.0275. The van der Waals surface area contributed by atoms with Crippen molar-refractivity contribution in [3.8, 4) is 11.4 Å². The highest BCUT2D eigenvalue weighted by Gasteiger charge is 2.30. The summed E-state index contributed by atoms with van der Waals surface area (Å²) >= 11 is 1.41. The Kier molecular flexibility index (Phi) is 5.24. The van der Waals surface area contributed by atoms with Crippen LogP contribution in [0.5, 0.6) is 0 Å². The largest absolute Gasteiger partial charge is 0.383 e. The summed E-state index contributed by atoms with van der Waals surface area (Å²) < 4.78 is 7.04. The number of methoxy groups -OCH3 is 1. The van der Waals surface area contributed by atoms with Gasteiger partial charge in [0.25, 0.3) is 0 Å². The fourth-order valence-corrected chi connectivity index (χ4v) is 3.04. The molecule has 8 heteroatoms. The van der Waals surface area contributed by atoms with E-state index in [1.54, 1.807) is 19.5 Å². The first-order chi connectivity index (χ1) is 11.3. The molecule has 0 bridgehead atoms. The zero-order valence-electron chi connectivity index (χ0n) is 12.9. The summed E-state index contributed by atoms with van der Waals surface area (Å²) in [5.74, 6) is 1.12. The van der Waals surface area contributed by atoms with Crippen LogP contribution in [0.3, 0.4) is 0 Å². The zero-order valence-corrected chi connectivity index (χ0v) is 13.8. The van der Waals surface area contributed by atoms with Crippen molar-refractivity contribution in [2.45, 2.75) is 24.0 Å². The van der Waals surface area contributed by atoms with Crippen molar-refractivity contribution in [1.82, 2.24) is 25.1 Å². The lowest BCUT2D eigenvalue weighted by atomic mass is 10.3. The molecular formula is C15H19N5O2S. The van der Waals surface area contributed by atoms with Crippen molar-refractivity contribution in [2.24, 2.45) is 0 Å². The molecule has 122 valence electrons. The van der Waals surface area contributed by atoms with Gasteiger partial charge in [-0.25, -0.2) is 0 Å². The summed E-state index contributed by atoms with van der Waals surface area (Å²) in [6.45, 7) is 1.03. The third-order valence-corrected chi connectivity index (χ3v) is 4.40. The Labute approximate surface area is 138 Å². The SMILES string of the molecule is COCCNC(=O)CSc1nnc(-c2cccnc2)n1C1CC1. The molecule has 0 unspecified atom stereocenters. The second-order valence-corrected chi connectivity index (χ2v) is 6.22. The minimum atomic E-state index is -0.0275. The van der Waals surface area contributed by atoms with Gasteiger partial charge < -0.3 is 10.1 Å². The van der Waals surface area contributed by atoms with E-state index in [0.29, 0.717) is 24.9 Å². The van der Waals surface area contributed by atoms with Gasteiger partial charge in [0.2, 0.25) is 5.91 Å². The van der Waals surface area contributed by atoms with Gasteiger partial charge in [-0.3, -0.25) is 14.3 Å². The van der Waals surface area contributed by atoms with Crippen LogP contribution in [0.25, 0.3) is 11.4 Å². The monoisotopic (exact) mass is 333 g/mol. The quantitative estimate of drug-likeness (QED) is 0.583. The number of thioether (sulfide) groups is 1. The maximum absolute atomic E-state index is 11.8. The third kappa shape index (κ3) is 4.08. The number of amides is 1. The molecule has 2 aromatic rings. The van der Waals surface area contributed by atoms with E-state index in [1.807, 2.05) is 12.1 Å². The number of nitrogens with one attached hydrogen (secondary N) is 1. The average Bonchev–Trinajstić information content (AvgIpc) is 3.33. The highest BCUT2D eigenvalue weighted by atomic mass is 32.2. The highest BCUT2D eigenvalue weighted by Crippen LogP contribution is 2.40. The van der Waals surface area contributed by atoms with E-state index in [-0.39, 0.29) is 5.91 Å². The van der Waals surface area contributed by atoms with Gasteiger partial charge in [0.15, 0.2) is 11.0 Å². The number of rotatable bonds is 8. The van der Waals surface area contributed by atoms with Gasteiger partial charge in [-0.15, -0.1) is 10.2 Å². The molecule has 1 N–H and O–H groups in total. The molecule has 1 fully saturated rings. The second-order valence-electron chi connectivity index (χ2n) is 5.28. The number of carbonyl (C=O) groups excluding carboxylic acids is 1. The van der Waals surface area contributed by atoms with Crippen molar-refractivity contribution in [3.05, 3.63) is 24.5 Å². The van der Waals surface area contributed by atoms with Crippen molar-refractivity contribution >= 4 is 17.7 Å². The van der Waals surface area contributed by atoms with E-state index in [4.69, 9.17) is 4.74 Å². The van der Waals surface area contributed by atoms with E-state index in [1.165, 1.54) is 11.8 Å².